The Morgan fingerprint density at radius 1 is 1.32 bits per heavy atom. The number of anilines is 2. The van der Waals surface area contributed by atoms with E-state index in [0.29, 0.717) is 15.3 Å². The Balaban J connectivity index is 1.60. The molecule has 0 atom stereocenters. The summed E-state index contributed by atoms with van der Waals surface area (Å²) < 4.78 is 0. The van der Waals surface area contributed by atoms with Gasteiger partial charge in [0.2, 0.25) is 5.91 Å². The highest BCUT2D eigenvalue weighted by Crippen LogP contribution is 2.26. The van der Waals surface area contributed by atoms with E-state index < -0.39 is 0 Å². The van der Waals surface area contributed by atoms with Crippen LogP contribution in [0.15, 0.2) is 45.7 Å². The highest BCUT2D eigenvalue weighted by molar-refractivity contribution is 7.99. The lowest BCUT2D eigenvalue weighted by molar-refractivity contribution is -0.113. The predicted octanol–water partition coefficient (Wildman–Crippen LogP) is 2.86. The molecule has 0 aliphatic heterocycles. The molecule has 3 aromatic rings. The van der Waals surface area contributed by atoms with Gasteiger partial charge in [-0.3, -0.25) is 9.59 Å². The maximum Gasteiger partial charge on any atom is 0.253 e. The van der Waals surface area contributed by atoms with E-state index in [1.54, 1.807) is 12.1 Å². The van der Waals surface area contributed by atoms with Crippen molar-refractivity contribution in [3.05, 3.63) is 51.1 Å². The Morgan fingerprint density at radius 2 is 2.08 bits per heavy atom. The smallest absolute Gasteiger partial charge is 0.253 e. The van der Waals surface area contributed by atoms with Crippen molar-refractivity contribution in [2.75, 3.05) is 16.8 Å². The number of rotatable bonds is 5. The SMILES string of the molecule is Nc1cc(=O)[nH]c(SCC(=O)Nc2nc(-c3ccc(Cl)cc3)cs2)n1. The number of hydrogen-bond donors (Lipinski definition) is 3. The number of aromatic nitrogens is 3. The van der Waals surface area contributed by atoms with Gasteiger partial charge in [-0.2, -0.15) is 0 Å². The molecule has 25 heavy (non-hydrogen) atoms. The summed E-state index contributed by atoms with van der Waals surface area (Å²) in [5.74, 6) is -0.0753. The van der Waals surface area contributed by atoms with E-state index in [0.717, 1.165) is 23.0 Å². The summed E-state index contributed by atoms with van der Waals surface area (Å²) in [5, 5.41) is 6.00. The largest absolute Gasteiger partial charge is 0.383 e. The van der Waals surface area contributed by atoms with Crippen LogP contribution in [0.5, 0.6) is 0 Å². The Hall–Kier alpha value is -2.36. The molecule has 4 N–H and O–H groups in total. The molecule has 7 nitrogen and oxygen atoms in total. The van der Waals surface area contributed by atoms with Crippen molar-refractivity contribution < 1.29 is 4.79 Å². The van der Waals surface area contributed by atoms with Gasteiger partial charge in [-0.05, 0) is 12.1 Å². The van der Waals surface area contributed by atoms with Gasteiger partial charge < -0.3 is 16.0 Å². The minimum Gasteiger partial charge on any atom is -0.383 e. The maximum absolute atomic E-state index is 12.0. The summed E-state index contributed by atoms with van der Waals surface area (Å²) in [4.78, 5) is 34.1. The zero-order valence-corrected chi connectivity index (χ0v) is 15.0. The summed E-state index contributed by atoms with van der Waals surface area (Å²) in [6.07, 6.45) is 0. The van der Waals surface area contributed by atoms with Crippen LogP contribution in [-0.4, -0.2) is 26.6 Å². The second-order valence-electron chi connectivity index (χ2n) is 4.86. The fourth-order valence-electron chi connectivity index (χ4n) is 1.90. The normalized spacial score (nSPS) is 10.6. The lowest BCUT2D eigenvalue weighted by atomic mass is 10.2. The van der Waals surface area contributed by atoms with Crippen molar-refractivity contribution in [3.63, 3.8) is 0 Å². The van der Waals surface area contributed by atoms with E-state index in [1.807, 2.05) is 17.5 Å². The Morgan fingerprint density at radius 3 is 2.80 bits per heavy atom. The topological polar surface area (TPSA) is 114 Å². The van der Waals surface area contributed by atoms with Crippen molar-refractivity contribution in [3.8, 4) is 11.3 Å². The number of nitrogens with two attached hydrogens (primary N) is 1. The molecule has 0 aliphatic carbocycles. The number of carbonyl (C=O) groups is 1. The summed E-state index contributed by atoms with van der Waals surface area (Å²) in [6, 6.07) is 8.47. The third-order valence-corrected chi connectivity index (χ3v) is 4.85. The highest BCUT2D eigenvalue weighted by Gasteiger charge is 2.10. The number of halogens is 1. The lowest BCUT2D eigenvalue weighted by Crippen LogP contribution is -2.15. The summed E-state index contributed by atoms with van der Waals surface area (Å²) in [5.41, 5.74) is 6.81. The zero-order valence-electron chi connectivity index (χ0n) is 12.7. The van der Waals surface area contributed by atoms with Crippen LogP contribution >= 0.6 is 34.7 Å². The average Bonchev–Trinajstić information content (AvgIpc) is 3.01. The number of nitrogens with one attached hydrogen (secondary N) is 2. The minimum atomic E-state index is -0.358. The molecule has 0 aliphatic rings. The van der Waals surface area contributed by atoms with Crippen LogP contribution in [0.25, 0.3) is 11.3 Å². The standard InChI is InChI=1S/C15H12ClN5O2S2/c16-9-3-1-8(2-4-9)10-6-24-14(18-10)21-13(23)7-25-15-19-11(17)5-12(22)20-15/h1-6H,7H2,(H,18,21,23)(H3,17,19,20,22). The summed E-state index contributed by atoms with van der Waals surface area (Å²) in [6.45, 7) is 0. The lowest BCUT2D eigenvalue weighted by Gasteiger charge is -2.02. The number of hydrogen-bond acceptors (Lipinski definition) is 7. The first-order valence-corrected chi connectivity index (χ1v) is 9.25. The van der Waals surface area contributed by atoms with Crippen LogP contribution < -0.4 is 16.6 Å². The fraction of sp³-hybridized carbons (Fsp3) is 0.0667. The number of benzene rings is 1. The minimum absolute atomic E-state index is 0.0717. The van der Waals surface area contributed by atoms with Crippen molar-refractivity contribution in [2.45, 2.75) is 5.16 Å². The van der Waals surface area contributed by atoms with Gasteiger partial charge >= 0.3 is 0 Å². The van der Waals surface area contributed by atoms with Crippen LogP contribution in [0.3, 0.4) is 0 Å². The van der Waals surface area contributed by atoms with Gasteiger partial charge in [0.25, 0.3) is 5.56 Å². The van der Waals surface area contributed by atoms with E-state index in [-0.39, 0.29) is 23.0 Å². The molecule has 10 heteroatoms. The molecule has 0 bridgehead atoms. The number of nitrogens with zero attached hydrogens (tertiary/aromatic N) is 2. The van der Waals surface area contributed by atoms with Gasteiger partial charge in [0.1, 0.15) is 5.82 Å². The number of thioether (sulfide) groups is 1. The van der Waals surface area contributed by atoms with E-state index in [9.17, 15) is 9.59 Å². The molecule has 0 radical (unpaired) electrons. The molecule has 128 valence electrons. The first-order chi connectivity index (χ1) is 12.0. The molecule has 1 aromatic carbocycles. The van der Waals surface area contributed by atoms with Crippen LogP contribution in [0, 0.1) is 0 Å². The first-order valence-electron chi connectivity index (χ1n) is 7.00. The second-order valence-corrected chi connectivity index (χ2v) is 7.12. The third kappa shape index (κ3) is 4.81. The van der Waals surface area contributed by atoms with Crippen molar-refractivity contribution >= 4 is 51.6 Å². The van der Waals surface area contributed by atoms with Crippen LogP contribution in [0.2, 0.25) is 5.02 Å². The van der Waals surface area contributed by atoms with Crippen molar-refractivity contribution in [2.24, 2.45) is 0 Å². The number of nitrogen functional groups attached to an aromatic ring is 1. The van der Waals surface area contributed by atoms with Gasteiger partial charge in [0.15, 0.2) is 10.3 Å². The molecule has 1 amide bonds. The maximum atomic E-state index is 12.0. The Kier molecular flexibility index (Phi) is 5.37. The Labute approximate surface area is 155 Å². The van der Waals surface area contributed by atoms with Crippen LogP contribution in [0.4, 0.5) is 10.9 Å². The van der Waals surface area contributed by atoms with E-state index in [1.165, 1.54) is 17.4 Å². The molecule has 0 saturated carbocycles. The van der Waals surface area contributed by atoms with Crippen molar-refractivity contribution in [1.82, 2.24) is 15.0 Å². The predicted molar refractivity (Wildman–Crippen MR) is 101 cm³/mol. The summed E-state index contributed by atoms with van der Waals surface area (Å²) >= 11 is 8.27. The van der Waals surface area contributed by atoms with Gasteiger partial charge in [0.05, 0.1) is 11.4 Å². The number of aromatic amines is 1. The van der Waals surface area contributed by atoms with Crippen LogP contribution in [0.1, 0.15) is 0 Å². The summed E-state index contributed by atoms with van der Waals surface area (Å²) in [7, 11) is 0. The van der Waals surface area contributed by atoms with E-state index in [2.05, 4.69) is 20.3 Å². The molecule has 0 unspecified atom stereocenters. The highest BCUT2D eigenvalue weighted by atomic mass is 35.5. The van der Waals surface area contributed by atoms with Crippen LogP contribution in [-0.2, 0) is 4.79 Å². The monoisotopic (exact) mass is 393 g/mol. The van der Waals surface area contributed by atoms with E-state index in [4.69, 9.17) is 17.3 Å². The van der Waals surface area contributed by atoms with Gasteiger partial charge in [-0.25, -0.2) is 9.97 Å². The Bertz CT molecular complexity index is 955. The average molecular weight is 394 g/mol. The first kappa shape index (κ1) is 17.5. The molecule has 2 heterocycles. The van der Waals surface area contributed by atoms with Gasteiger partial charge in [0, 0.05) is 22.0 Å². The molecule has 2 aromatic heterocycles. The van der Waals surface area contributed by atoms with Crippen molar-refractivity contribution in [1.29, 1.82) is 0 Å². The van der Waals surface area contributed by atoms with E-state index >= 15 is 0 Å². The molecule has 0 saturated heterocycles. The fourth-order valence-corrected chi connectivity index (χ4v) is 3.44. The number of thiazole rings is 1. The molecular formula is C15H12ClN5O2S2. The quantitative estimate of drug-likeness (QED) is 0.453. The number of amides is 1. The second kappa shape index (κ2) is 7.68. The molecule has 3 rings (SSSR count). The van der Waals surface area contributed by atoms with Gasteiger partial charge in [-0.15, -0.1) is 11.3 Å². The molecule has 0 fully saturated rings. The molecule has 0 spiro atoms. The zero-order chi connectivity index (χ0) is 17.8. The number of H-pyrrole nitrogens is 1. The van der Waals surface area contributed by atoms with Gasteiger partial charge in [-0.1, -0.05) is 35.5 Å². The number of carbonyl (C=O) groups excluding carboxylic acids is 1. The molecular weight excluding hydrogens is 382 g/mol. The third-order valence-electron chi connectivity index (χ3n) is 2.97.